The average molecular weight is 702 g/mol. The van der Waals surface area contributed by atoms with Crippen LogP contribution in [0.25, 0.3) is 0 Å². The van der Waals surface area contributed by atoms with Gasteiger partial charge in [-0.05, 0) is 60.2 Å². The molecule has 0 spiro atoms. The fourth-order valence-corrected chi connectivity index (χ4v) is 5.65. The topological polar surface area (TPSA) is 150 Å². The van der Waals surface area contributed by atoms with Crippen molar-refractivity contribution in [2.75, 3.05) is 30.8 Å². The van der Waals surface area contributed by atoms with Gasteiger partial charge in [0.15, 0.2) is 0 Å². The average Bonchev–Trinajstić information content (AvgIpc) is 3.10. The Hall–Kier alpha value is -4.78. The van der Waals surface area contributed by atoms with Crippen LogP contribution < -0.4 is 25.0 Å². The van der Waals surface area contributed by atoms with Crippen LogP contribution in [0.5, 0.6) is 5.75 Å². The van der Waals surface area contributed by atoms with Crippen LogP contribution in [-0.4, -0.2) is 68.9 Å². The Morgan fingerprint density at radius 2 is 1.48 bits per heavy atom. The predicted molar refractivity (Wildman–Crippen MR) is 196 cm³/mol. The second-order valence-electron chi connectivity index (χ2n) is 12.8. The number of hydrogen-bond acceptors (Lipinski definition) is 8. The number of carbonyl (C=O) groups is 2. The van der Waals surface area contributed by atoms with Gasteiger partial charge in [0.2, 0.25) is 10.0 Å². The van der Waals surface area contributed by atoms with Crippen molar-refractivity contribution >= 4 is 27.5 Å². The first-order valence-electron chi connectivity index (χ1n) is 16.5. The molecule has 3 unspecified atom stereocenters. The van der Waals surface area contributed by atoms with Crippen molar-refractivity contribution in [3.05, 3.63) is 125 Å². The standard InChI is InChI=1S/C38H47N5O6S/c1-26(2)25-49-34-16-29(21-39-23-34)22-40-24-36(44)35(17-28-12-8-6-9-13-28)42-38(46)32-18-31(19-33(20-32)43(4)50(5,47)48)37(45)41-27(3)30-14-10-7-11-15-30/h6-16,18-21,23,26-27,35-36,40,44H,17,22,24-25H2,1-5H3,(H,41,45)(H,42,46). The minimum atomic E-state index is -3.72. The number of aliphatic hydroxyl groups is 1. The molecular formula is C38H47N5O6S. The first kappa shape index (κ1) is 38.0. The molecule has 0 aliphatic rings. The maximum Gasteiger partial charge on any atom is 0.251 e. The van der Waals surface area contributed by atoms with Crippen LogP contribution in [0.1, 0.15) is 64.2 Å². The van der Waals surface area contributed by atoms with Crippen LogP contribution in [0.15, 0.2) is 97.3 Å². The molecule has 266 valence electrons. The predicted octanol–water partition coefficient (Wildman–Crippen LogP) is 4.50. The van der Waals surface area contributed by atoms with Crippen LogP contribution in [0.3, 0.4) is 0 Å². The number of benzene rings is 3. The number of nitrogens with zero attached hydrogens (tertiary/aromatic N) is 2. The van der Waals surface area contributed by atoms with E-state index in [9.17, 15) is 23.1 Å². The first-order chi connectivity index (χ1) is 23.8. The van der Waals surface area contributed by atoms with Crippen LogP contribution in [-0.2, 0) is 23.0 Å². The number of hydrogen-bond donors (Lipinski definition) is 4. The normalized spacial score (nSPS) is 13.3. The van der Waals surface area contributed by atoms with Crippen molar-refractivity contribution in [1.29, 1.82) is 0 Å². The smallest absolute Gasteiger partial charge is 0.251 e. The molecule has 0 aliphatic heterocycles. The number of sulfonamides is 1. The van der Waals surface area contributed by atoms with Crippen molar-refractivity contribution in [2.24, 2.45) is 5.92 Å². The summed E-state index contributed by atoms with van der Waals surface area (Å²) in [5.74, 6) is -0.00611. The number of aliphatic hydroxyl groups excluding tert-OH is 1. The van der Waals surface area contributed by atoms with E-state index in [0.29, 0.717) is 31.2 Å². The molecule has 11 nitrogen and oxygen atoms in total. The van der Waals surface area contributed by atoms with E-state index in [1.165, 1.54) is 25.2 Å². The highest BCUT2D eigenvalue weighted by Gasteiger charge is 2.25. The van der Waals surface area contributed by atoms with E-state index in [-0.39, 0.29) is 29.4 Å². The van der Waals surface area contributed by atoms with E-state index in [1.54, 1.807) is 12.4 Å². The second kappa shape index (κ2) is 17.7. The van der Waals surface area contributed by atoms with Crippen molar-refractivity contribution in [3.63, 3.8) is 0 Å². The number of nitrogens with one attached hydrogen (secondary N) is 3. The van der Waals surface area contributed by atoms with Crippen LogP contribution in [0.2, 0.25) is 0 Å². The lowest BCUT2D eigenvalue weighted by molar-refractivity contribution is 0.0830. The van der Waals surface area contributed by atoms with Crippen LogP contribution in [0, 0.1) is 5.92 Å². The second-order valence-corrected chi connectivity index (χ2v) is 14.8. The summed E-state index contributed by atoms with van der Waals surface area (Å²) in [5.41, 5.74) is 2.99. The first-order valence-corrected chi connectivity index (χ1v) is 18.4. The lowest BCUT2D eigenvalue weighted by atomic mass is 10.00. The van der Waals surface area contributed by atoms with Gasteiger partial charge >= 0.3 is 0 Å². The molecule has 4 N–H and O–H groups in total. The van der Waals surface area contributed by atoms with Gasteiger partial charge in [-0.1, -0.05) is 74.5 Å². The molecular weight excluding hydrogens is 655 g/mol. The maximum atomic E-state index is 13.9. The van der Waals surface area contributed by atoms with E-state index in [4.69, 9.17) is 4.74 Å². The molecule has 0 fully saturated rings. The summed E-state index contributed by atoms with van der Waals surface area (Å²) in [7, 11) is -2.36. The molecule has 0 saturated carbocycles. The van der Waals surface area contributed by atoms with E-state index in [2.05, 4.69) is 34.8 Å². The van der Waals surface area contributed by atoms with Crippen molar-refractivity contribution in [2.45, 2.75) is 51.9 Å². The number of anilines is 1. The molecule has 3 atom stereocenters. The molecule has 0 radical (unpaired) electrons. The van der Waals surface area contributed by atoms with Gasteiger partial charge in [0.1, 0.15) is 5.75 Å². The summed E-state index contributed by atoms with van der Waals surface area (Å²) < 4.78 is 31.8. The van der Waals surface area contributed by atoms with Gasteiger partial charge in [-0.2, -0.15) is 0 Å². The van der Waals surface area contributed by atoms with Gasteiger partial charge in [0.25, 0.3) is 11.8 Å². The van der Waals surface area contributed by atoms with Crippen molar-refractivity contribution in [1.82, 2.24) is 20.9 Å². The van der Waals surface area contributed by atoms with E-state index in [0.717, 1.165) is 27.3 Å². The molecule has 12 heteroatoms. The molecule has 1 heterocycles. The monoisotopic (exact) mass is 701 g/mol. The van der Waals surface area contributed by atoms with Gasteiger partial charge in [0, 0.05) is 37.5 Å². The molecule has 4 rings (SSSR count). The Balaban J connectivity index is 1.54. The highest BCUT2D eigenvalue weighted by Crippen LogP contribution is 2.22. The molecule has 50 heavy (non-hydrogen) atoms. The number of pyridine rings is 1. The van der Waals surface area contributed by atoms with Crippen LogP contribution in [0.4, 0.5) is 5.69 Å². The molecule has 3 aromatic carbocycles. The van der Waals surface area contributed by atoms with Gasteiger partial charge in [0.05, 0.1) is 42.9 Å². The van der Waals surface area contributed by atoms with Gasteiger partial charge < -0.3 is 25.8 Å². The maximum absolute atomic E-state index is 13.9. The van der Waals surface area contributed by atoms with E-state index >= 15 is 0 Å². The molecule has 0 bridgehead atoms. The van der Waals surface area contributed by atoms with Crippen molar-refractivity contribution in [3.8, 4) is 5.75 Å². The minimum absolute atomic E-state index is 0.0676. The zero-order chi connectivity index (χ0) is 36.3. The van der Waals surface area contributed by atoms with Gasteiger partial charge in [-0.15, -0.1) is 0 Å². The third-order valence-electron chi connectivity index (χ3n) is 8.07. The number of aromatic nitrogens is 1. The third-order valence-corrected chi connectivity index (χ3v) is 9.27. The summed E-state index contributed by atoms with van der Waals surface area (Å²) in [5, 5.41) is 20.5. The molecule has 4 aromatic rings. The van der Waals surface area contributed by atoms with Gasteiger partial charge in [-0.3, -0.25) is 18.9 Å². The third kappa shape index (κ3) is 11.4. The molecule has 2 amide bonds. The molecule has 0 aliphatic carbocycles. The summed E-state index contributed by atoms with van der Waals surface area (Å²) >= 11 is 0. The molecule has 0 saturated heterocycles. The SMILES string of the molecule is CC(C)COc1cncc(CNCC(O)C(Cc2ccccc2)NC(=O)c2cc(C(=O)NC(C)c3ccccc3)cc(N(C)S(C)(=O)=O)c2)c1. The van der Waals surface area contributed by atoms with E-state index < -0.39 is 34.0 Å². The summed E-state index contributed by atoms with van der Waals surface area (Å²) in [6, 6.07) is 24.0. The number of rotatable bonds is 17. The largest absolute Gasteiger partial charge is 0.492 e. The lowest BCUT2D eigenvalue weighted by Gasteiger charge is -2.25. The summed E-state index contributed by atoms with van der Waals surface area (Å²) in [6.07, 6.45) is 3.73. The fourth-order valence-electron chi connectivity index (χ4n) is 5.16. The van der Waals surface area contributed by atoms with E-state index in [1.807, 2.05) is 73.7 Å². The fraction of sp³-hybridized carbons (Fsp3) is 0.342. The Bertz CT molecular complexity index is 1820. The van der Waals surface area contributed by atoms with Gasteiger partial charge in [-0.25, -0.2) is 8.42 Å². The Labute approximate surface area is 295 Å². The Morgan fingerprint density at radius 1 is 0.860 bits per heavy atom. The number of carbonyl (C=O) groups excluding carboxylic acids is 2. The highest BCUT2D eigenvalue weighted by atomic mass is 32.2. The number of ether oxygens (including phenoxy) is 1. The highest BCUT2D eigenvalue weighted by molar-refractivity contribution is 7.92. The lowest BCUT2D eigenvalue weighted by Crippen LogP contribution is -2.48. The van der Waals surface area contributed by atoms with Crippen molar-refractivity contribution < 1.29 is 27.9 Å². The van der Waals surface area contributed by atoms with Crippen LogP contribution >= 0.6 is 0 Å². The zero-order valence-corrected chi connectivity index (χ0v) is 30.0. The Kier molecular flexibility index (Phi) is 13.5. The zero-order valence-electron chi connectivity index (χ0n) is 29.2. The Morgan fingerprint density at radius 3 is 2.10 bits per heavy atom. The molecule has 1 aromatic heterocycles. The number of amides is 2. The summed E-state index contributed by atoms with van der Waals surface area (Å²) in [4.78, 5) is 31.6. The minimum Gasteiger partial charge on any atom is -0.492 e. The summed E-state index contributed by atoms with van der Waals surface area (Å²) in [6.45, 7) is 7.11. The quantitative estimate of drug-likeness (QED) is 0.126.